The SMILES string of the molecule is Cc1csc2c(NSc3ccccc3Cl)ncnc12. The molecule has 0 radical (unpaired) electrons. The highest BCUT2D eigenvalue weighted by atomic mass is 35.5. The Labute approximate surface area is 124 Å². The van der Waals surface area contributed by atoms with Gasteiger partial charge in [0, 0.05) is 4.90 Å². The molecular weight excluding hydrogens is 298 g/mol. The summed E-state index contributed by atoms with van der Waals surface area (Å²) >= 11 is 9.23. The van der Waals surface area contributed by atoms with Crippen molar-refractivity contribution >= 4 is 50.9 Å². The van der Waals surface area contributed by atoms with Crippen molar-refractivity contribution in [3.8, 4) is 0 Å². The molecule has 19 heavy (non-hydrogen) atoms. The lowest BCUT2D eigenvalue weighted by atomic mass is 10.3. The first-order chi connectivity index (χ1) is 9.25. The Bertz CT molecular complexity index is 727. The number of fused-ring (bicyclic) bond motifs is 1. The van der Waals surface area contributed by atoms with Gasteiger partial charge < -0.3 is 4.72 Å². The maximum Gasteiger partial charge on any atom is 0.157 e. The van der Waals surface area contributed by atoms with Gasteiger partial charge in [-0.25, -0.2) is 9.97 Å². The van der Waals surface area contributed by atoms with Gasteiger partial charge in [0.05, 0.1) is 15.2 Å². The van der Waals surface area contributed by atoms with E-state index in [1.807, 2.05) is 24.3 Å². The number of rotatable bonds is 3. The number of halogens is 1. The third-order valence-electron chi connectivity index (χ3n) is 2.63. The standard InChI is InChI=1S/C13H10ClN3S2/c1-8-6-18-12-11(8)15-7-16-13(12)17-19-10-5-3-2-4-9(10)14/h2-7H,1H3,(H,15,16,17). The Morgan fingerprint density at radius 3 is 2.95 bits per heavy atom. The molecule has 6 heteroatoms. The fraction of sp³-hybridized carbons (Fsp3) is 0.0769. The van der Waals surface area contributed by atoms with Crippen molar-refractivity contribution in [1.82, 2.24) is 9.97 Å². The van der Waals surface area contributed by atoms with Crippen LogP contribution in [0.5, 0.6) is 0 Å². The van der Waals surface area contributed by atoms with E-state index in [0.717, 1.165) is 26.0 Å². The average molecular weight is 308 g/mol. The summed E-state index contributed by atoms with van der Waals surface area (Å²) in [5.41, 5.74) is 2.18. The zero-order chi connectivity index (χ0) is 13.2. The van der Waals surface area contributed by atoms with E-state index < -0.39 is 0 Å². The summed E-state index contributed by atoms with van der Waals surface area (Å²) in [6.07, 6.45) is 1.58. The first-order valence-electron chi connectivity index (χ1n) is 5.62. The molecule has 0 unspecified atom stereocenters. The highest BCUT2D eigenvalue weighted by Gasteiger charge is 2.08. The van der Waals surface area contributed by atoms with E-state index in [9.17, 15) is 0 Å². The second-order valence-corrected chi connectivity index (χ2v) is 6.09. The van der Waals surface area contributed by atoms with Crippen molar-refractivity contribution in [3.05, 3.63) is 46.6 Å². The minimum atomic E-state index is 0.729. The van der Waals surface area contributed by atoms with Crippen LogP contribution in [0.15, 0.2) is 40.9 Å². The second-order valence-electron chi connectivity index (χ2n) is 3.95. The molecule has 0 bridgehead atoms. The van der Waals surface area contributed by atoms with Crippen LogP contribution >= 0.6 is 34.9 Å². The van der Waals surface area contributed by atoms with Crippen molar-refractivity contribution in [2.75, 3.05) is 4.72 Å². The molecule has 1 aromatic carbocycles. The van der Waals surface area contributed by atoms with Gasteiger partial charge >= 0.3 is 0 Å². The number of anilines is 1. The van der Waals surface area contributed by atoms with Crippen LogP contribution in [-0.2, 0) is 0 Å². The van der Waals surface area contributed by atoms with Crippen molar-refractivity contribution < 1.29 is 0 Å². The monoisotopic (exact) mass is 307 g/mol. The van der Waals surface area contributed by atoms with Gasteiger partial charge in [0.2, 0.25) is 0 Å². The molecule has 0 saturated heterocycles. The molecule has 0 fully saturated rings. The number of aryl methyl sites for hydroxylation is 1. The second kappa shape index (κ2) is 5.36. The summed E-state index contributed by atoms with van der Waals surface area (Å²) < 4.78 is 4.32. The van der Waals surface area contributed by atoms with Crippen molar-refractivity contribution in [2.45, 2.75) is 11.8 Å². The Hall–Kier alpha value is -1.30. The van der Waals surface area contributed by atoms with Crippen molar-refractivity contribution in [2.24, 2.45) is 0 Å². The molecule has 3 nitrogen and oxygen atoms in total. The lowest BCUT2D eigenvalue weighted by Gasteiger charge is -2.06. The zero-order valence-corrected chi connectivity index (χ0v) is 12.4. The maximum absolute atomic E-state index is 6.12. The summed E-state index contributed by atoms with van der Waals surface area (Å²) in [5.74, 6) is 0.827. The molecule has 3 rings (SSSR count). The molecule has 2 aromatic heterocycles. The minimum Gasteiger partial charge on any atom is -0.309 e. The normalized spacial score (nSPS) is 10.8. The number of nitrogens with zero attached hydrogens (tertiary/aromatic N) is 2. The van der Waals surface area contributed by atoms with Crippen LogP contribution in [0.2, 0.25) is 5.02 Å². The molecule has 0 saturated carbocycles. The Morgan fingerprint density at radius 2 is 2.11 bits per heavy atom. The number of hydrogen-bond acceptors (Lipinski definition) is 5. The number of aromatic nitrogens is 2. The van der Waals surface area contributed by atoms with E-state index >= 15 is 0 Å². The quantitative estimate of drug-likeness (QED) is 0.707. The zero-order valence-electron chi connectivity index (χ0n) is 10.1. The summed E-state index contributed by atoms with van der Waals surface area (Å²) in [5, 5.41) is 2.82. The Kier molecular flexibility index (Phi) is 3.59. The van der Waals surface area contributed by atoms with Crippen LogP contribution in [0.3, 0.4) is 0 Å². The van der Waals surface area contributed by atoms with Crippen LogP contribution in [0, 0.1) is 6.92 Å². The maximum atomic E-state index is 6.12. The smallest absolute Gasteiger partial charge is 0.157 e. The average Bonchev–Trinajstić information content (AvgIpc) is 2.81. The van der Waals surface area contributed by atoms with Crippen LogP contribution in [0.25, 0.3) is 10.2 Å². The Balaban J connectivity index is 1.88. The topological polar surface area (TPSA) is 37.8 Å². The molecule has 96 valence electrons. The van der Waals surface area contributed by atoms with Gasteiger partial charge in [0.15, 0.2) is 5.82 Å². The van der Waals surface area contributed by atoms with Gasteiger partial charge in [0.1, 0.15) is 6.33 Å². The third-order valence-corrected chi connectivity index (χ3v) is 5.03. The fourth-order valence-corrected chi connectivity index (χ4v) is 3.61. The predicted octanol–water partition coefficient (Wildman–Crippen LogP) is 4.77. The minimum absolute atomic E-state index is 0.729. The highest BCUT2D eigenvalue weighted by molar-refractivity contribution is 8.00. The van der Waals surface area contributed by atoms with E-state index in [0.29, 0.717) is 0 Å². The van der Waals surface area contributed by atoms with Gasteiger partial charge in [0.25, 0.3) is 0 Å². The highest BCUT2D eigenvalue weighted by Crippen LogP contribution is 2.32. The predicted molar refractivity (Wildman–Crippen MR) is 83.1 cm³/mol. The van der Waals surface area contributed by atoms with Gasteiger partial charge in [-0.2, -0.15) is 0 Å². The van der Waals surface area contributed by atoms with Gasteiger partial charge in [-0.1, -0.05) is 23.7 Å². The van der Waals surface area contributed by atoms with Gasteiger partial charge in [-0.05, 0) is 41.9 Å². The van der Waals surface area contributed by atoms with Crippen LogP contribution in [0.4, 0.5) is 5.82 Å². The van der Waals surface area contributed by atoms with Gasteiger partial charge in [-0.3, -0.25) is 0 Å². The van der Waals surface area contributed by atoms with E-state index in [1.54, 1.807) is 17.7 Å². The third kappa shape index (κ3) is 2.54. The molecule has 0 atom stereocenters. The lowest BCUT2D eigenvalue weighted by molar-refractivity contribution is 1.23. The molecule has 0 amide bonds. The van der Waals surface area contributed by atoms with Gasteiger partial charge in [-0.15, -0.1) is 11.3 Å². The molecule has 0 aliphatic carbocycles. The first-order valence-corrected chi connectivity index (χ1v) is 7.69. The van der Waals surface area contributed by atoms with E-state index in [-0.39, 0.29) is 0 Å². The fourth-order valence-electron chi connectivity index (χ4n) is 1.67. The molecule has 2 heterocycles. The number of thiophene rings is 1. The summed E-state index contributed by atoms with van der Waals surface area (Å²) in [7, 11) is 0. The van der Waals surface area contributed by atoms with Crippen molar-refractivity contribution in [3.63, 3.8) is 0 Å². The molecule has 0 aliphatic rings. The lowest BCUT2D eigenvalue weighted by Crippen LogP contribution is -1.92. The van der Waals surface area contributed by atoms with E-state index in [4.69, 9.17) is 11.6 Å². The van der Waals surface area contributed by atoms with Crippen LogP contribution in [-0.4, -0.2) is 9.97 Å². The van der Waals surface area contributed by atoms with E-state index in [2.05, 4.69) is 27.0 Å². The largest absolute Gasteiger partial charge is 0.309 e. The molecule has 0 aliphatic heterocycles. The summed E-state index contributed by atoms with van der Waals surface area (Å²) in [4.78, 5) is 9.56. The first kappa shape index (κ1) is 12.7. The summed E-state index contributed by atoms with van der Waals surface area (Å²) in [6, 6.07) is 7.72. The molecule has 1 N–H and O–H groups in total. The van der Waals surface area contributed by atoms with E-state index in [1.165, 1.54) is 17.5 Å². The van der Waals surface area contributed by atoms with Crippen molar-refractivity contribution in [1.29, 1.82) is 0 Å². The summed E-state index contributed by atoms with van der Waals surface area (Å²) in [6.45, 7) is 2.05. The van der Waals surface area contributed by atoms with Crippen LogP contribution in [0.1, 0.15) is 5.56 Å². The molecule has 0 spiro atoms. The number of hydrogen-bond donors (Lipinski definition) is 1. The number of benzene rings is 1. The number of nitrogens with one attached hydrogen (secondary N) is 1. The Morgan fingerprint density at radius 1 is 1.26 bits per heavy atom. The van der Waals surface area contributed by atoms with Crippen LogP contribution < -0.4 is 4.72 Å². The molecule has 3 aromatic rings. The molecular formula is C13H10ClN3S2.